The van der Waals surface area contributed by atoms with Gasteiger partial charge in [0.1, 0.15) is 5.76 Å². The Labute approximate surface area is 108 Å². The summed E-state index contributed by atoms with van der Waals surface area (Å²) in [4.78, 5) is 8.96. The molecule has 1 aliphatic heterocycles. The first-order chi connectivity index (χ1) is 8.72. The monoisotopic (exact) mass is 253 g/mol. The topological polar surface area (TPSA) is 52.7 Å². The summed E-state index contributed by atoms with van der Waals surface area (Å²) in [6.07, 6.45) is 2.78. The summed E-state index contributed by atoms with van der Waals surface area (Å²) >= 11 is 0. The SMILES string of the molecule is CCC(CO)N1CCN(Cc2ncc(C)o2)CC1. The molecular weight excluding hydrogens is 230 g/mol. The second-order valence-electron chi connectivity index (χ2n) is 4.92. The van der Waals surface area contributed by atoms with Gasteiger partial charge in [0, 0.05) is 32.2 Å². The number of hydrogen-bond donors (Lipinski definition) is 1. The fraction of sp³-hybridized carbons (Fsp3) is 0.769. The molecule has 0 bridgehead atoms. The number of rotatable bonds is 5. The van der Waals surface area contributed by atoms with Crippen LogP contribution in [0.1, 0.15) is 25.0 Å². The largest absolute Gasteiger partial charge is 0.445 e. The lowest BCUT2D eigenvalue weighted by Gasteiger charge is -2.37. The van der Waals surface area contributed by atoms with Crippen molar-refractivity contribution in [2.45, 2.75) is 32.9 Å². The van der Waals surface area contributed by atoms with Crippen molar-refractivity contribution in [2.75, 3.05) is 32.8 Å². The van der Waals surface area contributed by atoms with Crippen LogP contribution in [0.4, 0.5) is 0 Å². The van der Waals surface area contributed by atoms with E-state index < -0.39 is 0 Å². The Kier molecular flexibility index (Phi) is 4.74. The highest BCUT2D eigenvalue weighted by Crippen LogP contribution is 2.12. The number of piperazine rings is 1. The van der Waals surface area contributed by atoms with E-state index in [2.05, 4.69) is 21.7 Å². The summed E-state index contributed by atoms with van der Waals surface area (Å²) < 4.78 is 5.50. The van der Waals surface area contributed by atoms with Crippen LogP contribution < -0.4 is 0 Å². The summed E-state index contributed by atoms with van der Waals surface area (Å²) in [5.74, 6) is 1.67. The van der Waals surface area contributed by atoms with E-state index in [9.17, 15) is 5.11 Å². The standard InChI is InChI=1S/C13H23N3O2/c1-3-12(10-17)16-6-4-15(5-7-16)9-13-14-8-11(2)18-13/h8,12,17H,3-7,9-10H2,1-2H3. The van der Waals surface area contributed by atoms with E-state index in [1.165, 1.54) is 0 Å². The van der Waals surface area contributed by atoms with Gasteiger partial charge in [-0.25, -0.2) is 4.98 Å². The number of aliphatic hydroxyl groups excluding tert-OH is 1. The van der Waals surface area contributed by atoms with E-state index in [-0.39, 0.29) is 6.61 Å². The predicted octanol–water partition coefficient (Wildman–Crippen LogP) is 0.872. The Morgan fingerprint density at radius 2 is 2.11 bits per heavy atom. The molecule has 0 saturated carbocycles. The van der Waals surface area contributed by atoms with Crippen LogP contribution in [-0.2, 0) is 6.54 Å². The van der Waals surface area contributed by atoms with Crippen LogP contribution in [0.5, 0.6) is 0 Å². The van der Waals surface area contributed by atoms with Crippen LogP contribution in [0.25, 0.3) is 0 Å². The molecule has 5 nitrogen and oxygen atoms in total. The van der Waals surface area contributed by atoms with Crippen molar-refractivity contribution in [3.05, 3.63) is 17.8 Å². The van der Waals surface area contributed by atoms with Crippen LogP contribution in [-0.4, -0.2) is 58.7 Å². The molecule has 1 fully saturated rings. The summed E-state index contributed by atoms with van der Waals surface area (Å²) in [5, 5.41) is 9.30. The molecule has 102 valence electrons. The predicted molar refractivity (Wildman–Crippen MR) is 69.3 cm³/mol. The molecule has 2 rings (SSSR count). The lowest BCUT2D eigenvalue weighted by atomic mass is 10.1. The summed E-state index contributed by atoms with van der Waals surface area (Å²) in [6, 6.07) is 0.316. The second-order valence-corrected chi connectivity index (χ2v) is 4.92. The van der Waals surface area contributed by atoms with Crippen molar-refractivity contribution in [1.82, 2.24) is 14.8 Å². The van der Waals surface area contributed by atoms with Gasteiger partial charge in [-0.1, -0.05) is 6.92 Å². The lowest BCUT2D eigenvalue weighted by Crippen LogP contribution is -2.50. The normalized spacial score (nSPS) is 20.2. The average molecular weight is 253 g/mol. The molecule has 1 N–H and O–H groups in total. The third-order valence-electron chi connectivity index (χ3n) is 3.63. The molecule has 1 saturated heterocycles. The fourth-order valence-electron chi connectivity index (χ4n) is 2.46. The first kappa shape index (κ1) is 13.5. The van der Waals surface area contributed by atoms with Crippen molar-refractivity contribution in [3.63, 3.8) is 0 Å². The van der Waals surface area contributed by atoms with Gasteiger partial charge in [-0.15, -0.1) is 0 Å². The van der Waals surface area contributed by atoms with Crippen molar-refractivity contribution in [1.29, 1.82) is 0 Å². The minimum absolute atomic E-state index is 0.259. The maximum atomic E-state index is 9.30. The van der Waals surface area contributed by atoms with Gasteiger partial charge in [-0.2, -0.15) is 0 Å². The molecule has 0 aromatic carbocycles. The first-order valence-electron chi connectivity index (χ1n) is 6.71. The molecule has 1 aliphatic rings. The lowest BCUT2D eigenvalue weighted by molar-refractivity contribution is 0.0575. The number of aromatic nitrogens is 1. The highest BCUT2D eigenvalue weighted by molar-refractivity contribution is 4.91. The van der Waals surface area contributed by atoms with Crippen molar-refractivity contribution in [3.8, 4) is 0 Å². The Balaban J connectivity index is 1.79. The smallest absolute Gasteiger partial charge is 0.208 e. The molecule has 0 amide bonds. The third-order valence-corrected chi connectivity index (χ3v) is 3.63. The van der Waals surface area contributed by atoms with E-state index in [1.54, 1.807) is 6.20 Å². The molecule has 0 spiro atoms. The summed E-state index contributed by atoms with van der Waals surface area (Å²) in [7, 11) is 0. The van der Waals surface area contributed by atoms with Crippen LogP contribution in [0.2, 0.25) is 0 Å². The molecule has 2 heterocycles. The third kappa shape index (κ3) is 3.31. The van der Waals surface area contributed by atoms with Crippen molar-refractivity contribution >= 4 is 0 Å². The first-order valence-corrected chi connectivity index (χ1v) is 6.71. The Morgan fingerprint density at radius 3 is 2.61 bits per heavy atom. The summed E-state index contributed by atoms with van der Waals surface area (Å²) in [5.41, 5.74) is 0. The van der Waals surface area contributed by atoms with Crippen molar-refractivity contribution < 1.29 is 9.52 Å². The molecule has 1 aromatic rings. The number of aliphatic hydroxyl groups is 1. The fourth-order valence-corrected chi connectivity index (χ4v) is 2.46. The maximum Gasteiger partial charge on any atom is 0.208 e. The molecule has 0 radical (unpaired) electrons. The van der Waals surface area contributed by atoms with Crippen LogP contribution in [0.15, 0.2) is 10.6 Å². The summed E-state index contributed by atoms with van der Waals surface area (Å²) in [6.45, 7) is 9.14. The van der Waals surface area contributed by atoms with Crippen LogP contribution >= 0.6 is 0 Å². The molecule has 5 heteroatoms. The highest BCUT2D eigenvalue weighted by Gasteiger charge is 2.22. The molecule has 1 atom stereocenters. The molecular formula is C13H23N3O2. The number of oxazole rings is 1. The van der Waals surface area contributed by atoms with Gasteiger partial charge >= 0.3 is 0 Å². The van der Waals surface area contributed by atoms with E-state index >= 15 is 0 Å². The Hall–Kier alpha value is -0.910. The van der Waals surface area contributed by atoms with Gasteiger partial charge < -0.3 is 9.52 Å². The van der Waals surface area contributed by atoms with Gasteiger partial charge in [0.15, 0.2) is 0 Å². The van der Waals surface area contributed by atoms with Gasteiger partial charge in [0.05, 0.1) is 19.3 Å². The van der Waals surface area contributed by atoms with Gasteiger partial charge in [0.2, 0.25) is 5.89 Å². The quantitative estimate of drug-likeness (QED) is 0.844. The molecule has 1 aromatic heterocycles. The zero-order valence-corrected chi connectivity index (χ0v) is 11.3. The van der Waals surface area contributed by atoms with Gasteiger partial charge in [-0.05, 0) is 13.3 Å². The second kappa shape index (κ2) is 6.31. The van der Waals surface area contributed by atoms with E-state index in [0.717, 1.165) is 50.8 Å². The molecule has 18 heavy (non-hydrogen) atoms. The van der Waals surface area contributed by atoms with Crippen molar-refractivity contribution in [2.24, 2.45) is 0 Å². The highest BCUT2D eigenvalue weighted by atomic mass is 16.4. The zero-order chi connectivity index (χ0) is 13.0. The maximum absolute atomic E-state index is 9.30. The van der Waals surface area contributed by atoms with E-state index in [4.69, 9.17) is 4.42 Å². The Morgan fingerprint density at radius 1 is 1.39 bits per heavy atom. The minimum Gasteiger partial charge on any atom is -0.445 e. The number of hydrogen-bond acceptors (Lipinski definition) is 5. The molecule has 0 aliphatic carbocycles. The molecule has 1 unspecified atom stereocenters. The number of nitrogens with zero attached hydrogens (tertiary/aromatic N) is 3. The zero-order valence-electron chi connectivity index (χ0n) is 11.3. The Bertz CT molecular complexity index is 355. The van der Waals surface area contributed by atoms with E-state index in [1.807, 2.05) is 6.92 Å². The minimum atomic E-state index is 0.259. The van der Waals surface area contributed by atoms with Gasteiger partial charge in [0.25, 0.3) is 0 Å². The van der Waals surface area contributed by atoms with Crippen LogP contribution in [0, 0.1) is 6.92 Å². The number of aryl methyl sites for hydroxylation is 1. The van der Waals surface area contributed by atoms with E-state index in [0.29, 0.717) is 6.04 Å². The van der Waals surface area contributed by atoms with Crippen LogP contribution in [0.3, 0.4) is 0 Å². The average Bonchev–Trinajstić information content (AvgIpc) is 2.78. The van der Waals surface area contributed by atoms with Gasteiger partial charge in [-0.3, -0.25) is 9.80 Å².